The van der Waals surface area contributed by atoms with Gasteiger partial charge in [0, 0.05) is 12.5 Å². The van der Waals surface area contributed by atoms with Crippen molar-refractivity contribution < 1.29 is 28.8 Å². The number of nitrogens with two attached hydrogens (primary N) is 1. The van der Waals surface area contributed by atoms with Gasteiger partial charge < -0.3 is 26.6 Å². The molecule has 0 unspecified atom stereocenters. The summed E-state index contributed by atoms with van der Waals surface area (Å²) in [6.07, 6.45) is 7.27. The number of nitrogens with one attached hydrogen (secondary N) is 3. The van der Waals surface area contributed by atoms with Crippen LogP contribution in [0.5, 0.6) is 0 Å². The molecule has 38 heavy (non-hydrogen) atoms. The van der Waals surface area contributed by atoms with E-state index < -0.39 is 59.6 Å². The minimum Gasteiger partial charge on any atom is -0.363 e. The Kier molecular flexibility index (Phi) is 9.54. The summed E-state index contributed by atoms with van der Waals surface area (Å²) in [5, 5.41) is 8.14. The van der Waals surface area contributed by atoms with Gasteiger partial charge in [-0.05, 0) is 49.4 Å². The lowest BCUT2D eigenvalue weighted by atomic mass is 9.81. The fourth-order valence-corrected chi connectivity index (χ4v) is 5.59. The molecule has 0 spiro atoms. The van der Waals surface area contributed by atoms with Crippen LogP contribution in [0.4, 0.5) is 4.79 Å². The Hall–Kier alpha value is -2.98. The molecule has 2 aliphatic carbocycles. The van der Waals surface area contributed by atoms with Gasteiger partial charge >= 0.3 is 6.03 Å². The molecule has 1 saturated heterocycles. The number of carbonyl (C=O) groups is 6. The van der Waals surface area contributed by atoms with E-state index >= 15 is 0 Å². The lowest BCUT2D eigenvalue weighted by Gasteiger charge is -2.37. The summed E-state index contributed by atoms with van der Waals surface area (Å²) in [6.45, 7) is 7.07. The maximum Gasteiger partial charge on any atom is 0.316 e. The van der Waals surface area contributed by atoms with Gasteiger partial charge in [-0.15, -0.1) is 0 Å². The van der Waals surface area contributed by atoms with Crippen LogP contribution in [0, 0.1) is 23.2 Å². The molecule has 2 saturated carbocycles. The van der Waals surface area contributed by atoms with E-state index in [2.05, 4.69) is 16.0 Å². The molecule has 11 heteroatoms. The highest BCUT2D eigenvalue weighted by Gasteiger charge is 2.45. The van der Waals surface area contributed by atoms with Crippen molar-refractivity contribution in [2.75, 3.05) is 13.1 Å². The van der Waals surface area contributed by atoms with Gasteiger partial charge in [-0.25, -0.2) is 4.79 Å². The number of rotatable bonds is 10. The van der Waals surface area contributed by atoms with E-state index in [1.807, 2.05) is 27.7 Å². The van der Waals surface area contributed by atoms with Crippen molar-refractivity contribution >= 4 is 35.3 Å². The third-order valence-corrected chi connectivity index (χ3v) is 8.03. The molecule has 3 rings (SSSR count). The van der Waals surface area contributed by atoms with Crippen molar-refractivity contribution in [1.29, 1.82) is 0 Å². The van der Waals surface area contributed by atoms with Gasteiger partial charge in [-0.3, -0.25) is 24.0 Å². The average Bonchev–Trinajstić information content (AvgIpc) is 3.64. The van der Waals surface area contributed by atoms with Crippen LogP contribution in [0.25, 0.3) is 0 Å². The van der Waals surface area contributed by atoms with E-state index in [4.69, 9.17) is 5.73 Å². The minimum absolute atomic E-state index is 0.00840. The first-order valence-corrected chi connectivity index (χ1v) is 13.8. The number of urea groups is 1. The van der Waals surface area contributed by atoms with E-state index in [-0.39, 0.29) is 23.5 Å². The summed E-state index contributed by atoms with van der Waals surface area (Å²) in [7, 11) is 0. The second-order valence-corrected chi connectivity index (χ2v) is 12.2. The van der Waals surface area contributed by atoms with Crippen LogP contribution in [0.1, 0.15) is 79.1 Å². The van der Waals surface area contributed by atoms with Gasteiger partial charge in [-0.1, -0.05) is 47.0 Å². The summed E-state index contributed by atoms with van der Waals surface area (Å²) < 4.78 is 0. The molecule has 0 bridgehead atoms. The predicted molar refractivity (Wildman–Crippen MR) is 139 cm³/mol. The van der Waals surface area contributed by atoms with Crippen molar-refractivity contribution in [3.8, 4) is 0 Å². The van der Waals surface area contributed by atoms with Gasteiger partial charge in [-0.2, -0.15) is 0 Å². The molecule has 5 N–H and O–H groups in total. The normalized spacial score (nSPS) is 23.7. The second kappa shape index (κ2) is 12.3. The topological polar surface area (TPSA) is 168 Å². The fraction of sp³-hybridized carbons (Fsp3) is 0.778. The molecular weight excluding hydrogens is 490 g/mol. The molecule has 1 aliphatic heterocycles. The molecule has 5 amide bonds. The monoisotopic (exact) mass is 533 g/mol. The Bertz CT molecular complexity index is 950. The number of nitrogens with zero attached hydrogens (tertiary/aromatic N) is 1. The summed E-state index contributed by atoms with van der Waals surface area (Å²) in [5.74, 6) is -3.04. The summed E-state index contributed by atoms with van der Waals surface area (Å²) in [5.41, 5.74) is 4.27. The van der Waals surface area contributed by atoms with Crippen molar-refractivity contribution in [3.63, 3.8) is 0 Å². The van der Waals surface area contributed by atoms with Crippen LogP contribution in [-0.4, -0.2) is 71.4 Å². The minimum atomic E-state index is -1.15. The first kappa shape index (κ1) is 29.6. The maximum absolute atomic E-state index is 13.8. The number of hydrogen-bond acceptors (Lipinski definition) is 6. The maximum atomic E-state index is 13.8. The Labute approximate surface area is 224 Å². The smallest absolute Gasteiger partial charge is 0.316 e. The van der Waals surface area contributed by atoms with E-state index in [0.29, 0.717) is 13.0 Å². The third-order valence-electron chi connectivity index (χ3n) is 8.03. The molecule has 11 nitrogen and oxygen atoms in total. The van der Waals surface area contributed by atoms with Gasteiger partial charge in [0.05, 0.1) is 12.6 Å². The fourth-order valence-electron chi connectivity index (χ4n) is 5.59. The first-order valence-electron chi connectivity index (χ1n) is 13.8. The second-order valence-electron chi connectivity index (χ2n) is 12.2. The lowest BCUT2D eigenvalue weighted by Crippen LogP contribution is -2.61. The lowest BCUT2D eigenvalue weighted by molar-refractivity contribution is -0.143. The molecular formula is C27H43N5O6. The SMILES string of the molecule is C[C@H]1CCN(C(=O)[C@@H](NC(=O)N[C@H](C(=O)C2CC2)C2CCCCC2)C(C)(C)C)[C@@H]1C(=O)NCC(=O)C(N)=O. The predicted octanol–water partition coefficient (Wildman–Crippen LogP) is 1.04. The number of carbonyl (C=O) groups excluding carboxylic acids is 6. The molecule has 0 aromatic heterocycles. The summed E-state index contributed by atoms with van der Waals surface area (Å²) in [6, 6.07) is -2.95. The number of ketones is 2. The van der Waals surface area contributed by atoms with E-state index in [1.165, 1.54) is 4.90 Å². The number of Topliss-reactive ketones (excluding diaryl/α,β-unsaturated/α-hetero) is 2. The third kappa shape index (κ3) is 7.32. The van der Waals surface area contributed by atoms with Crippen molar-refractivity contribution in [3.05, 3.63) is 0 Å². The first-order chi connectivity index (χ1) is 17.8. The van der Waals surface area contributed by atoms with Gasteiger partial charge in [0.15, 0.2) is 5.78 Å². The van der Waals surface area contributed by atoms with Crippen LogP contribution in [0.15, 0.2) is 0 Å². The zero-order valence-corrected chi connectivity index (χ0v) is 23.0. The molecule has 1 heterocycles. The number of likely N-dealkylation sites (tertiary alicyclic amines) is 1. The quantitative estimate of drug-likeness (QED) is 0.306. The van der Waals surface area contributed by atoms with Crippen LogP contribution < -0.4 is 21.7 Å². The molecule has 3 fully saturated rings. The molecule has 212 valence electrons. The van der Waals surface area contributed by atoms with Gasteiger partial charge in [0.1, 0.15) is 12.1 Å². The van der Waals surface area contributed by atoms with Gasteiger partial charge in [0.25, 0.3) is 5.91 Å². The molecule has 4 atom stereocenters. The standard InChI is InChI=1S/C27H43N5O6/c1-15-12-13-32(20(15)24(36)29-14-18(33)23(28)35)25(37)22(27(2,3)4)31-26(38)30-19(21(34)17-10-11-17)16-8-6-5-7-9-16/h15-17,19-20,22H,5-14H2,1-4H3,(H2,28,35)(H,29,36)(H2,30,31,38)/t15-,19-,20-,22+/m0/s1. The van der Waals surface area contributed by atoms with Crippen molar-refractivity contribution in [1.82, 2.24) is 20.9 Å². The zero-order valence-electron chi connectivity index (χ0n) is 23.0. The highest BCUT2D eigenvalue weighted by atomic mass is 16.2. The Morgan fingerprint density at radius 2 is 1.55 bits per heavy atom. The highest BCUT2D eigenvalue weighted by molar-refractivity contribution is 6.36. The molecule has 0 aromatic rings. The Morgan fingerprint density at radius 3 is 2.11 bits per heavy atom. The van der Waals surface area contributed by atoms with E-state index in [1.54, 1.807) is 0 Å². The van der Waals surface area contributed by atoms with Crippen molar-refractivity contribution in [2.45, 2.75) is 97.2 Å². The number of hydrogen-bond donors (Lipinski definition) is 4. The molecule has 0 aromatic carbocycles. The number of amides is 5. The Balaban J connectivity index is 1.72. The van der Waals surface area contributed by atoms with Crippen LogP contribution in [-0.2, 0) is 24.0 Å². The average molecular weight is 534 g/mol. The van der Waals surface area contributed by atoms with Crippen LogP contribution in [0.2, 0.25) is 0 Å². The molecule has 0 radical (unpaired) electrons. The number of primary amides is 1. The van der Waals surface area contributed by atoms with Crippen LogP contribution in [0.3, 0.4) is 0 Å². The largest absolute Gasteiger partial charge is 0.363 e. The zero-order chi connectivity index (χ0) is 28.2. The molecule has 3 aliphatic rings. The van der Waals surface area contributed by atoms with Gasteiger partial charge in [0.2, 0.25) is 17.6 Å². The van der Waals surface area contributed by atoms with E-state index in [9.17, 15) is 28.8 Å². The summed E-state index contributed by atoms with van der Waals surface area (Å²) in [4.78, 5) is 77.0. The van der Waals surface area contributed by atoms with Crippen LogP contribution >= 0.6 is 0 Å². The summed E-state index contributed by atoms with van der Waals surface area (Å²) >= 11 is 0. The van der Waals surface area contributed by atoms with E-state index in [0.717, 1.165) is 44.9 Å². The Morgan fingerprint density at radius 1 is 0.921 bits per heavy atom. The van der Waals surface area contributed by atoms with Crippen molar-refractivity contribution in [2.24, 2.45) is 28.9 Å². The highest BCUT2D eigenvalue weighted by Crippen LogP contribution is 2.35.